The Morgan fingerprint density at radius 3 is 2.44 bits per heavy atom. The van der Waals surface area contributed by atoms with Gasteiger partial charge in [-0.15, -0.1) is 0 Å². The van der Waals surface area contributed by atoms with Crippen LogP contribution in [0.25, 0.3) is 0 Å². The third-order valence-corrected chi connectivity index (χ3v) is 5.63. The van der Waals surface area contributed by atoms with Crippen LogP contribution in [0.4, 0.5) is 5.69 Å². The molecule has 2 rings (SSSR count). The molecule has 8 heteroatoms. The number of ether oxygens (including phenoxy) is 1. The van der Waals surface area contributed by atoms with Crippen LogP contribution < -0.4 is 14.8 Å². The predicted octanol–water partition coefficient (Wildman–Crippen LogP) is 3.13. The average Bonchev–Trinajstić information content (AvgIpc) is 2.57. The maximum Gasteiger partial charge on any atom is 0.255 e. The molecule has 0 aromatic heterocycles. The summed E-state index contributed by atoms with van der Waals surface area (Å²) in [6, 6.07) is 7.82. The fourth-order valence-electron chi connectivity index (χ4n) is 2.32. The zero-order valence-corrected chi connectivity index (χ0v) is 15.9. The largest absolute Gasteiger partial charge is 0.495 e. The molecule has 0 saturated carbocycles. The molecular formula is C17H19ClN2O4S. The third-order valence-electron chi connectivity index (χ3n) is 3.85. The molecule has 0 fully saturated rings. The number of carbonyl (C=O) groups excluding carboxylic acids is 1. The molecule has 0 unspecified atom stereocenters. The van der Waals surface area contributed by atoms with Gasteiger partial charge in [-0.3, -0.25) is 4.79 Å². The zero-order chi connectivity index (χ0) is 18.8. The molecule has 2 aromatic carbocycles. The number of carbonyl (C=O) groups is 1. The van der Waals surface area contributed by atoms with Gasteiger partial charge in [0.05, 0.1) is 17.7 Å². The molecule has 134 valence electrons. The highest BCUT2D eigenvalue weighted by atomic mass is 35.5. The van der Waals surface area contributed by atoms with Crippen molar-refractivity contribution >= 4 is 33.2 Å². The second kappa shape index (κ2) is 7.43. The van der Waals surface area contributed by atoms with Crippen molar-refractivity contribution < 1.29 is 17.9 Å². The molecule has 0 bridgehead atoms. The number of hydrogen-bond acceptors (Lipinski definition) is 4. The monoisotopic (exact) mass is 382 g/mol. The highest BCUT2D eigenvalue weighted by Crippen LogP contribution is 2.29. The number of halogens is 1. The first kappa shape index (κ1) is 19.2. The van der Waals surface area contributed by atoms with E-state index in [0.29, 0.717) is 27.6 Å². The van der Waals surface area contributed by atoms with Crippen LogP contribution in [0.3, 0.4) is 0 Å². The summed E-state index contributed by atoms with van der Waals surface area (Å²) in [5.41, 5.74) is 1.90. The molecule has 6 nitrogen and oxygen atoms in total. The molecule has 0 radical (unpaired) electrons. The number of sulfonamides is 1. The minimum absolute atomic E-state index is 0.0678. The second-order valence-corrected chi connectivity index (χ2v) is 7.71. The van der Waals surface area contributed by atoms with Gasteiger partial charge in [-0.25, -0.2) is 13.1 Å². The molecule has 0 heterocycles. The molecule has 0 aliphatic rings. The van der Waals surface area contributed by atoms with Crippen LogP contribution in [0.15, 0.2) is 35.2 Å². The fraction of sp³-hybridized carbons (Fsp3) is 0.235. The summed E-state index contributed by atoms with van der Waals surface area (Å²) in [5.74, 6) is -0.0131. The summed E-state index contributed by atoms with van der Waals surface area (Å²) in [6.45, 7) is 3.45. The number of aryl methyl sites for hydroxylation is 1. The molecule has 0 aliphatic heterocycles. The van der Waals surface area contributed by atoms with Crippen LogP contribution in [0.2, 0.25) is 5.02 Å². The molecule has 2 aromatic rings. The number of nitrogens with one attached hydrogen (secondary N) is 2. The van der Waals surface area contributed by atoms with E-state index in [9.17, 15) is 13.2 Å². The first-order chi connectivity index (χ1) is 11.7. The van der Waals surface area contributed by atoms with Crippen molar-refractivity contribution in [1.82, 2.24) is 4.72 Å². The quantitative estimate of drug-likeness (QED) is 0.832. The first-order valence-electron chi connectivity index (χ1n) is 7.39. The summed E-state index contributed by atoms with van der Waals surface area (Å²) in [5, 5.41) is 3.14. The molecule has 0 atom stereocenters. The lowest BCUT2D eigenvalue weighted by molar-refractivity contribution is 0.102. The van der Waals surface area contributed by atoms with Gasteiger partial charge in [0, 0.05) is 10.6 Å². The smallest absolute Gasteiger partial charge is 0.255 e. The van der Waals surface area contributed by atoms with Gasteiger partial charge in [0.15, 0.2) is 0 Å². The van der Waals surface area contributed by atoms with E-state index < -0.39 is 15.9 Å². The lowest BCUT2D eigenvalue weighted by Gasteiger charge is -2.14. The first-order valence-corrected chi connectivity index (χ1v) is 9.25. The summed E-state index contributed by atoms with van der Waals surface area (Å²) in [6.07, 6.45) is 0. The summed E-state index contributed by atoms with van der Waals surface area (Å²) < 4.78 is 31.8. The van der Waals surface area contributed by atoms with Crippen molar-refractivity contribution in [3.63, 3.8) is 0 Å². The predicted molar refractivity (Wildman–Crippen MR) is 98.1 cm³/mol. The number of anilines is 1. The fourth-order valence-corrected chi connectivity index (χ4v) is 3.56. The highest BCUT2D eigenvalue weighted by Gasteiger charge is 2.20. The van der Waals surface area contributed by atoms with Crippen LogP contribution in [0, 0.1) is 13.8 Å². The Kier molecular flexibility index (Phi) is 5.72. The van der Waals surface area contributed by atoms with Gasteiger partial charge in [0.2, 0.25) is 10.0 Å². The number of amides is 1. The van der Waals surface area contributed by atoms with Crippen LogP contribution in [0.5, 0.6) is 5.75 Å². The van der Waals surface area contributed by atoms with Gasteiger partial charge in [-0.2, -0.15) is 0 Å². The van der Waals surface area contributed by atoms with Gasteiger partial charge < -0.3 is 10.1 Å². The zero-order valence-electron chi connectivity index (χ0n) is 14.3. The molecule has 25 heavy (non-hydrogen) atoms. The average molecular weight is 383 g/mol. The standard InChI is InChI=1S/C17H19ClN2O4S/c1-10-7-12(8-16(11(10)2)25(22,23)19-3)17(21)20-14-9-13(18)5-6-15(14)24-4/h5-9,19H,1-4H3,(H,20,21). The van der Waals surface area contributed by atoms with Crippen molar-refractivity contribution in [2.75, 3.05) is 19.5 Å². The van der Waals surface area contributed by atoms with Crippen molar-refractivity contribution in [3.05, 3.63) is 52.0 Å². The molecule has 1 amide bonds. The van der Waals surface area contributed by atoms with E-state index in [1.165, 1.54) is 20.2 Å². The van der Waals surface area contributed by atoms with E-state index in [4.69, 9.17) is 16.3 Å². The third kappa shape index (κ3) is 4.12. The Labute approximate surface area is 152 Å². The van der Waals surface area contributed by atoms with Crippen LogP contribution in [-0.4, -0.2) is 28.5 Å². The number of rotatable bonds is 5. The normalized spacial score (nSPS) is 11.2. The number of methoxy groups -OCH3 is 1. The maximum atomic E-state index is 12.6. The van der Waals surface area contributed by atoms with Crippen LogP contribution in [0.1, 0.15) is 21.5 Å². The Morgan fingerprint density at radius 2 is 1.84 bits per heavy atom. The molecule has 0 aliphatic carbocycles. The van der Waals surface area contributed by atoms with E-state index in [2.05, 4.69) is 10.0 Å². The summed E-state index contributed by atoms with van der Waals surface area (Å²) in [7, 11) is -0.870. The van der Waals surface area contributed by atoms with Gasteiger partial charge in [-0.05, 0) is 62.4 Å². The van der Waals surface area contributed by atoms with Crippen LogP contribution in [-0.2, 0) is 10.0 Å². The Bertz CT molecular complexity index is 926. The Morgan fingerprint density at radius 1 is 1.16 bits per heavy atom. The van der Waals surface area contributed by atoms with E-state index in [0.717, 1.165) is 0 Å². The van der Waals surface area contributed by atoms with E-state index in [-0.39, 0.29) is 10.5 Å². The molecule has 0 saturated heterocycles. The van der Waals surface area contributed by atoms with Gasteiger partial charge in [0.1, 0.15) is 5.75 Å². The topological polar surface area (TPSA) is 84.5 Å². The molecule has 0 spiro atoms. The van der Waals surface area contributed by atoms with E-state index >= 15 is 0 Å². The molecule has 2 N–H and O–H groups in total. The maximum absolute atomic E-state index is 12.6. The van der Waals surface area contributed by atoms with Gasteiger partial charge in [-0.1, -0.05) is 11.6 Å². The lowest BCUT2D eigenvalue weighted by atomic mass is 10.1. The van der Waals surface area contributed by atoms with E-state index in [1.54, 1.807) is 38.1 Å². The second-order valence-electron chi connectivity index (χ2n) is 5.42. The summed E-state index contributed by atoms with van der Waals surface area (Å²) in [4.78, 5) is 12.7. The summed E-state index contributed by atoms with van der Waals surface area (Å²) >= 11 is 5.96. The van der Waals surface area contributed by atoms with Crippen molar-refractivity contribution in [3.8, 4) is 5.75 Å². The highest BCUT2D eigenvalue weighted by molar-refractivity contribution is 7.89. The van der Waals surface area contributed by atoms with Gasteiger partial charge in [0.25, 0.3) is 5.91 Å². The minimum Gasteiger partial charge on any atom is -0.495 e. The number of hydrogen-bond donors (Lipinski definition) is 2. The van der Waals surface area contributed by atoms with E-state index in [1.807, 2.05) is 0 Å². The van der Waals surface area contributed by atoms with Crippen molar-refractivity contribution in [2.45, 2.75) is 18.7 Å². The lowest BCUT2D eigenvalue weighted by Crippen LogP contribution is -2.21. The SMILES string of the molecule is CNS(=O)(=O)c1cc(C(=O)Nc2cc(Cl)ccc2OC)cc(C)c1C. The minimum atomic E-state index is -3.68. The number of benzene rings is 2. The Hall–Kier alpha value is -2.09. The van der Waals surface area contributed by atoms with Crippen molar-refractivity contribution in [1.29, 1.82) is 0 Å². The molecular weight excluding hydrogens is 364 g/mol. The van der Waals surface area contributed by atoms with Crippen molar-refractivity contribution in [2.24, 2.45) is 0 Å². The van der Waals surface area contributed by atoms with Crippen LogP contribution >= 0.6 is 11.6 Å². The Balaban J connectivity index is 2.46. The van der Waals surface area contributed by atoms with Gasteiger partial charge >= 0.3 is 0 Å².